The number of hydrogen-bond acceptors (Lipinski definition) is 5. The minimum absolute atomic E-state index is 0.0268. The van der Waals surface area contributed by atoms with Gasteiger partial charge in [0, 0.05) is 11.3 Å². The van der Waals surface area contributed by atoms with Crippen LogP contribution in [0.4, 0.5) is 10.1 Å². The van der Waals surface area contributed by atoms with Gasteiger partial charge < -0.3 is 20.3 Å². The zero-order valence-electron chi connectivity index (χ0n) is 13.4. The Kier molecular flexibility index (Phi) is 3.38. The molecule has 2 fully saturated rings. The van der Waals surface area contributed by atoms with Gasteiger partial charge in [-0.1, -0.05) is 0 Å². The Labute approximate surface area is 139 Å². The van der Waals surface area contributed by atoms with Crippen LogP contribution in [0.15, 0.2) is 30.5 Å². The molecule has 0 saturated carbocycles. The lowest BCUT2D eigenvalue weighted by atomic mass is 9.83. The molecule has 0 spiro atoms. The molecule has 2 aliphatic heterocycles. The van der Waals surface area contributed by atoms with Gasteiger partial charge in [0.1, 0.15) is 5.60 Å². The highest BCUT2D eigenvalue weighted by molar-refractivity contribution is 5.71. The number of halogens is 1. The number of aryl methyl sites for hydroxylation is 1. The number of nitrogen functional groups attached to an aromatic ring is 1. The van der Waals surface area contributed by atoms with Crippen molar-refractivity contribution in [3.8, 4) is 11.1 Å². The van der Waals surface area contributed by atoms with Crippen LogP contribution in [-0.2, 0) is 20.7 Å². The topological polar surface area (TPSA) is 77.6 Å². The summed E-state index contributed by atoms with van der Waals surface area (Å²) in [7, 11) is 0. The molecule has 1 aromatic heterocycles. The molecule has 3 N–H and O–H groups in total. The highest BCUT2D eigenvalue weighted by Gasteiger charge is 2.44. The van der Waals surface area contributed by atoms with E-state index in [2.05, 4.69) is 4.98 Å². The molecule has 0 amide bonds. The van der Waals surface area contributed by atoms with E-state index in [1.165, 1.54) is 0 Å². The van der Waals surface area contributed by atoms with Gasteiger partial charge in [0.15, 0.2) is 5.67 Å². The van der Waals surface area contributed by atoms with Crippen molar-refractivity contribution in [2.45, 2.75) is 18.2 Å². The lowest BCUT2D eigenvalue weighted by Crippen LogP contribution is -2.47. The van der Waals surface area contributed by atoms with Crippen LogP contribution in [0, 0.1) is 6.92 Å². The van der Waals surface area contributed by atoms with Crippen LogP contribution >= 0.6 is 0 Å². The van der Waals surface area contributed by atoms with Crippen molar-refractivity contribution < 1.29 is 19.0 Å². The Bertz CT molecular complexity index is 763. The van der Waals surface area contributed by atoms with Crippen molar-refractivity contribution in [1.29, 1.82) is 0 Å². The van der Waals surface area contributed by atoms with E-state index in [4.69, 9.17) is 15.2 Å². The van der Waals surface area contributed by atoms with Gasteiger partial charge in [-0.3, -0.25) is 4.98 Å². The summed E-state index contributed by atoms with van der Waals surface area (Å²) in [6.45, 7) is 2.34. The largest absolute Gasteiger partial charge is 0.397 e. The van der Waals surface area contributed by atoms with E-state index >= 15 is 0 Å². The van der Waals surface area contributed by atoms with Crippen LogP contribution in [0.3, 0.4) is 0 Å². The van der Waals surface area contributed by atoms with Gasteiger partial charge in [0.25, 0.3) is 0 Å². The number of pyridine rings is 1. The average molecular weight is 330 g/mol. The molecule has 1 aromatic carbocycles. The lowest BCUT2D eigenvalue weighted by molar-refractivity contribution is -0.184. The van der Waals surface area contributed by atoms with Crippen molar-refractivity contribution in [2.24, 2.45) is 0 Å². The molecule has 126 valence electrons. The third-order valence-electron chi connectivity index (χ3n) is 4.75. The predicted molar refractivity (Wildman–Crippen MR) is 87.1 cm³/mol. The Balaban J connectivity index is 1.88. The minimum Gasteiger partial charge on any atom is -0.397 e. The molecular weight excluding hydrogens is 311 g/mol. The maximum Gasteiger partial charge on any atom is 0.182 e. The van der Waals surface area contributed by atoms with E-state index in [1.807, 2.05) is 19.1 Å². The highest BCUT2D eigenvalue weighted by Crippen LogP contribution is 2.40. The molecule has 2 saturated heterocycles. The second kappa shape index (κ2) is 5.24. The van der Waals surface area contributed by atoms with Crippen LogP contribution in [0.25, 0.3) is 11.1 Å². The number of hydrogen-bond donors (Lipinski definition) is 2. The summed E-state index contributed by atoms with van der Waals surface area (Å²) in [6.07, 6.45) is 1.59. The number of ether oxygens (including phenoxy) is 2. The molecule has 0 bridgehead atoms. The van der Waals surface area contributed by atoms with Gasteiger partial charge in [-0.15, -0.1) is 0 Å². The molecule has 0 unspecified atom stereocenters. The molecular formula is C18H19FN2O3. The number of aromatic nitrogens is 1. The molecule has 2 aromatic rings. The first-order valence-corrected chi connectivity index (χ1v) is 7.85. The standard InChI is InChI=1S/C18H19FN2O3/c1-11-16(5-15(20)6-21-11)12-2-13(17(19)7-23-8-17)4-14(3-12)18(22)9-24-10-18/h2-6,22H,7-10,20H2,1H3. The normalized spacial score (nSPS) is 21.0. The first kappa shape index (κ1) is 15.5. The smallest absolute Gasteiger partial charge is 0.182 e. The Morgan fingerprint density at radius 2 is 1.75 bits per heavy atom. The van der Waals surface area contributed by atoms with E-state index in [0.29, 0.717) is 16.8 Å². The zero-order chi connectivity index (χ0) is 16.9. The van der Waals surface area contributed by atoms with E-state index in [-0.39, 0.29) is 26.4 Å². The van der Waals surface area contributed by atoms with Crippen LogP contribution in [0.2, 0.25) is 0 Å². The fourth-order valence-corrected chi connectivity index (χ4v) is 3.06. The van der Waals surface area contributed by atoms with Crippen LogP contribution < -0.4 is 5.73 Å². The van der Waals surface area contributed by atoms with Gasteiger partial charge in [0.05, 0.1) is 38.3 Å². The maximum absolute atomic E-state index is 14.9. The van der Waals surface area contributed by atoms with E-state index in [9.17, 15) is 9.50 Å². The molecule has 5 nitrogen and oxygen atoms in total. The number of rotatable bonds is 3. The SMILES string of the molecule is Cc1ncc(N)cc1-c1cc(C2(O)COC2)cc(C2(F)COC2)c1. The summed E-state index contributed by atoms with van der Waals surface area (Å²) < 4.78 is 25.1. The number of aliphatic hydroxyl groups is 1. The molecule has 0 radical (unpaired) electrons. The van der Waals surface area contributed by atoms with Crippen molar-refractivity contribution in [1.82, 2.24) is 4.98 Å². The van der Waals surface area contributed by atoms with E-state index in [1.54, 1.807) is 18.3 Å². The number of anilines is 1. The first-order chi connectivity index (χ1) is 11.4. The number of nitrogens with two attached hydrogens (primary N) is 1. The third kappa shape index (κ3) is 2.38. The summed E-state index contributed by atoms with van der Waals surface area (Å²) in [5.41, 5.74) is 7.35. The van der Waals surface area contributed by atoms with Gasteiger partial charge in [-0.05, 0) is 47.9 Å². The van der Waals surface area contributed by atoms with Gasteiger partial charge in [-0.25, -0.2) is 4.39 Å². The van der Waals surface area contributed by atoms with Gasteiger partial charge in [0.2, 0.25) is 0 Å². The predicted octanol–water partition coefficient (Wildman–Crippen LogP) is 2.05. The second-order valence-electron chi connectivity index (χ2n) is 6.68. The lowest BCUT2D eigenvalue weighted by Gasteiger charge is -2.39. The fourth-order valence-electron chi connectivity index (χ4n) is 3.06. The molecule has 24 heavy (non-hydrogen) atoms. The monoisotopic (exact) mass is 330 g/mol. The third-order valence-corrected chi connectivity index (χ3v) is 4.75. The van der Waals surface area contributed by atoms with Crippen LogP contribution in [0.5, 0.6) is 0 Å². The summed E-state index contributed by atoms with van der Waals surface area (Å²) in [5.74, 6) is 0. The first-order valence-electron chi connectivity index (χ1n) is 7.85. The number of alkyl halides is 1. The molecule has 3 heterocycles. The average Bonchev–Trinajstić information content (AvgIpc) is 2.52. The van der Waals surface area contributed by atoms with E-state index < -0.39 is 11.3 Å². The Morgan fingerprint density at radius 3 is 2.33 bits per heavy atom. The molecule has 4 rings (SSSR count). The molecule has 0 atom stereocenters. The van der Waals surface area contributed by atoms with E-state index in [0.717, 1.165) is 16.8 Å². The quantitative estimate of drug-likeness (QED) is 0.901. The van der Waals surface area contributed by atoms with Crippen LogP contribution in [0.1, 0.15) is 16.8 Å². The number of nitrogens with zero attached hydrogens (tertiary/aromatic N) is 1. The second-order valence-corrected chi connectivity index (χ2v) is 6.68. The van der Waals surface area contributed by atoms with Crippen molar-refractivity contribution in [3.63, 3.8) is 0 Å². The molecule has 0 aliphatic carbocycles. The Hall–Kier alpha value is -2.02. The van der Waals surface area contributed by atoms with Crippen molar-refractivity contribution in [3.05, 3.63) is 47.3 Å². The highest BCUT2D eigenvalue weighted by atomic mass is 19.1. The summed E-state index contributed by atoms with van der Waals surface area (Å²) in [6, 6.07) is 7.18. The molecule has 6 heteroatoms. The zero-order valence-corrected chi connectivity index (χ0v) is 13.4. The maximum atomic E-state index is 14.9. The molecule has 2 aliphatic rings. The summed E-state index contributed by atoms with van der Waals surface area (Å²) >= 11 is 0. The Morgan fingerprint density at radius 1 is 1.08 bits per heavy atom. The summed E-state index contributed by atoms with van der Waals surface area (Å²) in [5, 5.41) is 10.6. The minimum atomic E-state index is -1.52. The number of benzene rings is 1. The van der Waals surface area contributed by atoms with Crippen molar-refractivity contribution in [2.75, 3.05) is 32.2 Å². The van der Waals surface area contributed by atoms with Gasteiger partial charge in [-0.2, -0.15) is 0 Å². The van der Waals surface area contributed by atoms with Crippen molar-refractivity contribution >= 4 is 5.69 Å². The van der Waals surface area contributed by atoms with Crippen LogP contribution in [-0.4, -0.2) is 36.5 Å². The summed E-state index contributed by atoms with van der Waals surface area (Å²) in [4.78, 5) is 4.28. The fraction of sp³-hybridized carbons (Fsp3) is 0.389. The van der Waals surface area contributed by atoms with Gasteiger partial charge >= 0.3 is 0 Å².